The minimum absolute atomic E-state index is 0.291. The fourth-order valence-electron chi connectivity index (χ4n) is 2.00. The van der Waals surface area contributed by atoms with Crippen LogP contribution in [-0.4, -0.2) is 19.3 Å². The Hall–Kier alpha value is -1.09. The molecule has 18 heavy (non-hydrogen) atoms. The molecule has 1 unspecified atom stereocenters. The molecule has 0 aliphatic carbocycles. The molecule has 1 rings (SSSR count). The number of nitrogens with one attached hydrogen (secondary N) is 1. The van der Waals surface area contributed by atoms with Crippen LogP contribution in [0.1, 0.15) is 32.3 Å². The van der Waals surface area contributed by atoms with Gasteiger partial charge in [-0.25, -0.2) is 4.39 Å². The highest BCUT2D eigenvalue weighted by Crippen LogP contribution is 2.16. The lowest BCUT2D eigenvalue weighted by atomic mass is 9.95. The zero-order chi connectivity index (χ0) is 13.4. The van der Waals surface area contributed by atoms with Crippen molar-refractivity contribution in [1.82, 2.24) is 0 Å². The molecule has 0 aliphatic heterocycles. The first-order valence-electron chi connectivity index (χ1n) is 6.76. The fourth-order valence-corrected chi connectivity index (χ4v) is 2.00. The normalized spacial score (nSPS) is 14.2. The van der Waals surface area contributed by atoms with Crippen molar-refractivity contribution in [3.63, 3.8) is 0 Å². The molecule has 0 bridgehead atoms. The van der Waals surface area contributed by atoms with E-state index in [0.717, 1.165) is 18.5 Å². The predicted molar refractivity (Wildman–Crippen MR) is 76.7 cm³/mol. The molecule has 0 saturated heterocycles. The Labute approximate surface area is 110 Å². The number of anilines is 1. The van der Waals surface area contributed by atoms with Crippen molar-refractivity contribution in [2.45, 2.75) is 39.2 Å². The van der Waals surface area contributed by atoms with Gasteiger partial charge in [0.25, 0.3) is 0 Å². The van der Waals surface area contributed by atoms with Crippen molar-refractivity contribution in [2.75, 3.05) is 18.5 Å². The van der Waals surface area contributed by atoms with Crippen molar-refractivity contribution < 1.29 is 4.39 Å². The Morgan fingerprint density at radius 3 is 2.39 bits per heavy atom. The average Bonchev–Trinajstić information content (AvgIpc) is 2.35. The Kier molecular flexibility index (Phi) is 6.73. The van der Waals surface area contributed by atoms with Crippen LogP contribution in [0, 0.1) is 5.92 Å². The van der Waals surface area contributed by atoms with Gasteiger partial charge in [0, 0.05) is 18.3 Å². The van der Waals surface area contributed by atoms with Crippen LogP contribution >= 0.6 is 0 Å². The van der Waals surface area contributed by atoms with Gasteiger partial charge in [-0.15, -0.1) is 0 Å². The van der Waals surface area contributed by atoms with Crippen LogP contribution in [0.5, 0.6) is 0 Å². The van der Waals surface area contributed by atoms with E-state index >= 15 is 0 Å². The van der Waals surface area contributed by atoms with Gasteiger partial charge in [-0.2, -0.15) is 0 Å². The second-order valence-electron chi connectivity index (χ2n) is 5.18. The summed E-state index contributed by atoms with van der Waals surface area (Å²) in [6.45, 7) is 4.36. The molecule has 3 N–H and O–H groups in total. The van der Waals surface area contributed by atoms with Gasteiger partial charge in [0.1, 0.15) is 6.67 Å². The van der Waals surface area contributed by atoms with Crippen molar-refractivity contribution in [3.8, 4) is 0 Å². The molecule has 0 saturated carbocycles. The van der Waals surface area contributed by atoms with Gasteiger partial charge in [0.15, 0.2) is 0 Å². The molecular formula is C15H25FN2. The summed E-state index contributed by atoms with van der Waals surface area (Å²) < 4.78 is 12.0. The van der Waals surface area contributed by atoms with Gasteiger partial charge < -0.3 is 11.1 Å². The van der Waals surface area contributed by atoms with Crippen LogP contribution in [0.25, 0.3) is 0 Å². The van der Waals surface area contributed by atoms with E-state index in [-0.39, 0.29) is 6.67 Å². The van der Waals surface area contributed by atoms with Gasteiger partial charge in [0.05, 0.1) is 0 Å². The maximum absolute atomic E-state index is 12.0. The molecule has 1 aromatic rings. The first kappa shape index (κ1) is 15.0. The number of alkyl halides is 1. The van der Waals surface area contributed by atoms with Crippen LogP contribution < -0.4 is 11.1 Å². The molecule has 0 aromatic heterocycles. The fraction of sp³-hybridized carbons (Fsp3) is 0.600. The second kappa shape index (κ2) is 8.09. The van der Waals surface area contributed by atoms with Crippen LogP contribution in [0.2, 0.25) is 0 Å². The highest BCUT2D eigenvalue weighted by molar-refractivity contribution is 5.44. The predicted octanol–water partition coefficient (Wildman–Crippen LogP) is 3.37. The van der Waals surface area contributed by atoms with Gasteiger partial charge in [-0.05, 0) is 49.8 Å². The number of rotatable bonds is 8. The Balaban J connectivity index is 2.38. The third-order valence-electron chi connectivity index (χ3n) is 3.08. The molecule has 2 nitrogen and oxygen atoms in total. The van der Waals surface area contributed by atoms with Crippen molar-refractivity contribution >= 4 is 5.69 Å². The summed E-state index contributed by atoms with van der Waals surface area (Å²) in [5, 5.41) is 3.02. The van der Waals surface area contributed by atoms with E-state index in [1.807, 2.05) is 12.1 Å². The monoisotopic (exact) mass is 252 g/mol. The van der Waals surface area contributed by atoms with Gasteiger partial charge in [-0.1, -0.05) is 19.1 Å². The summed E-state index contributed by atoms with van der Waals surface area (Å²) in [4.78, 5) is 0. The van der Waals surface area contributed by atoms with Gasteiger partial charge in [-0.3, -0.25) is 0 Å². The largest absolute Gasteiger partial charge is 0.382 e. The van der Waals surface area contributed by atoms with E-state index < -0.39 is 0 Å². The zero-order valence-corrected chi connectivity index (χ0v) is 11.5. The second-order valence-corrected chi connectivity index (χ2v) is 5.18. The molecule has 0 spiro atoms. The SMILES string of the molecule is CC(CC[C@H](C)N)Cc1ccc(NCCF)cc1. The van der Waals surface area contributed by atoms with Gasteiger partial charge in [0.2, 0.25) is 0 Å². The van der Waals surface area contributed by atoms with Crippen molar-refractivity contribution in [2.24, 2.45) is 11.7 Å². The summed E-state index contributed by atoms with van der Waals surface area (Å²) in [7, 11) is 0. The standard InChI is InChI=1S/C15H25FN2/c1-12(3-4-13(2)17)11-14-5-7-15(8-6-14)18-10-9-16/h5-8,12-13,18H,3-4,9-11,17H2,1-2H3/t12?,13-/m0/s1. The molecule has 0 heterocycles. The number of benzene rings is 1. The van der Waals surface area contributed by atoms with Crippen molar-refractivity contribution in [3.05, 3.63) is 29.8 Å². The Bertz CT molecular complexity index is 322. The summed E-state index contributed by atoms with van der Waals surface area (Å²) >= 11 is 0. The van der Waals surface area contributed by atoms with E-state index in [0.29, 0.717) is 18.5 Å². The topological polar surface area (TPSA) is 38.0 Å². The third kappa shape index (κ3) is 6.01. The zero-order valence-electron chi connectivity index (χ0n) is 11.5. The lowest BCUT2D eigenvalue weighted by molar-refractivity contribution is 0.478. The molecule has 2 atom stereocenters. The van der Waals surface area contributed by atoms with E-state index in [1.54, 1.807) is 0 Å². The maximum Gasteiger partial charge on any atom is 0.107 e. The van der Waals surface area contributed by atoms with Gasteiger partial charge >= 0.3 is 0 Å². The average molecular weight is 252 g/mol. The van der Waals surface area contributed by atoms with Crippen LogP contribution in [0.15, 0.2) is 24.3 Å². The molecule has 0 radical (unpaired) electrons. The van der Waals surface area contributed by atoms with E-state index in [4.69, 9.17) is 5.73 Å². The highest BCUT2D eigenvalue weighted by atomic mass is 19.1. The number of hydrogen-bond donors (Lipinski definition) is 2. The molecular weight excluding hydrogens is 227 g/mol. The van der Waals surface area contributed by atoms with Crippen LogP contribution in [-0.2, 0) is 6.42 Å². The summed E-state index contributed by atoms with van der Waals surface area (Å²) in [6.07, 6.45) is 3.33. The summed E-state index contributed by atoms with van der Waals surface area (Å²) in [6, 6.07) is 8.55. The molecule has 0 aliphatic rings. The first-order valence-corrected chi connectivity index (χ1v) is 6.76. The number of nitrogens with two attached hydrogens (primary N) is 1. The van der Waals surface area contributed by atoms with E-state index in [2.05, 4.69) is 31.3 Å². The summed E-state index contributed by atoms with van der Waals surface area (Å²) in [5.74, 6) is 0.653. The molecule has 3 heteroatoms. The molecule has 0 amide bonds. The smallest absolute Gasteiger partial charge is 0.107 e. The molecule has 1 aromatic carbocycles. The molecule has 102 valence electrons. The van der Waals surface area contributed by atoms with Crippen LogP contribution in [0.3, 0.4) is 0 Å². The number of halogens is 1. The Morgan fingerprint density at radius 2 is 1.83 bits per heavy atom. The van der Waals surface area contributed by atoms with E-state index in [1.165, 1.54) is 12.0 Å². The summed E-state index contributed by atoms with van der Waals surface area (Å²) in [5.41, 5.74) is 8.08. The lowest BCUT2D eigenvalue weighted by Gasteiger charge is -2.13. The maximum atomic E-state index is 12.0. The van der Waals surface area contributed by atoms with Crippen molar-refractivity contribution in [1.29, 1.82) is 0 Å². The lowest BCUT2D eigenvalue weighted by Crippen LogP contribution is -2.16. The first-order chi connectivity index (χ1) is 8.61. The minimum atomic E-state index is -0.337. The third-order valence-corrected chi connectivity index (χ3v) is 3.08. The quantitative estimate of drug-likeness (QED) is 0.744. The number of hydrogen-bond acceptors (Lipinski definition) is 2. The van der Waals surface area contributed by atoms with E-state index in [9.17, 15) is 4.39 Å². The highest BCUT2D eigenvalue weighted by Gasteiger charge is 2.05. The molecule has 0 fully saturated rings. The van der Waals surface area contributed by atoms with Crippen LogP contribution in [0.4, 0.5) is 10.1 Å². The Morgan fingerprint density at radius 1 is 1.17 bits per heavy atom. The minimum Gasteiger partial charge on any atom is -0.382 e.